The maximum Gasteiger partial charge on any atom is 0.241 e. The molecule has 0 amide bonds. The van der Waals surface area contributed by atoms with Gasteiger partial charge in [-0.05, 0) is 18.4 Å². The summed E-state index contributed by atoms with van der Waals surface area (Å²) in [4.78, 5) is 1.45. The molecule has 1 saturated carbocycles. The van der Waals surface area contributed by atoms with Crippen molar-refractivity contribution in [1.29, 1.82) is 0 Å². The van der Waals surface area contributed by atoms with Crippen LogP contribution in [0.3, 0.4) is 0 Å². The quantitative estimate of drug-likeness (QED) is 0.775. The molecule has 19 heavy (non-hydrogen) atoms. The van der Waals surface area contributed by atoms with Crippen LogP contribution in [0.4, 0.5) is 0 Å². The van der Waals surface area contributed by atoms with Crippen LogP contribution >= 0.6 is 11.3 Å². The van der Waals surface area contributed by atoms with E-state index in [9.17, 15) is 8.42 Å². The molecule has 2 N–H and O–H groups in total. The fourth-order valence-corrected chi connectivity index (χ4v) is 4.06. The highest BCUT2D eigenvalue weighted by Crippen LogP contribution is 2.31. The van der Waals surface area contributed by atoms with Crippen molar-refractivity contribution in [1.82, 2.24) is 10.0 Å². The number of thiophene rings is 1. The molecule has 1 aliphatic carbocycles. The Morgan fingerprint density at radius 3 is 2.79 bits per heavy atom. The molecule has 0 radical (unpaired) electrons. The summed E-state index contributed by atoms with van der Waals surface area (Å²) in [7, 11) is -3.31. The molecule has 2 rings (SSSR count). The topological polar surface area (TPSA) is 58.2 Å². The van der Waals surface area contributed by atoms with Crippen molar-refractivity contribution in [2.75, 3.05) is 6.54 Å². The van der Waals surface area contributed by atoms with Gasteiger partial charge < -0.3 is 5.32 Å². The van der Waals surface area contributed by atoms with E-state index in [1.807, 2.05) is 0 Å². The molecule has 0 aromatic carbocycles. The van der Waals surface area contributed by atoms with Gasteiger partial charge in [-0.25, -0.2) is 13.1 Å². The van der Waals surface area contributed by atoms with Crippen molar-refractivity contribution >= 4 is 21.4 Å². The maximum atomic E-state index is 12.1. The second-order valence-electron chi connectivity index (χ2n) is 5.41. The van der Waals surface area contributed by atoms with Crippen LogP contribution < -0.4 is 10.0 Å². The van der Waals surface area contributed by atoms with Crippen molar-refractivity contribution in [2.24, 2.45) is 5.92 Å². The van der Waals surface area contributed by atoms with E-state index in [0.29, 0.717) is 17.5 Å². The normalized spacial score (nSPS) is 16.2. The highest BCUT2D eigenvalue weighted by Gasteiger charge is 2.22. The average molecular weight is 302 g/mol. The standard InChI is InChI=1S/C13H22N2O2S2/c1-10(2)14-8-12-7-13(9-18-12)19(16,17)15-6-5-11-3-4-11/h7,9-11,14-15H,3-6,8H2,1-2H3. The summed E-state index contributed by atoms with van der Waals surface area (Å²) < 4.78 is 26.8. The molecule has 0 spiro atoms. The van der Waals surface area contributed by atoms with Gasteiger partial charge >= 0.3 is 0 Å². The first-order valence-corrected chi connectivity index (χ1v) is 9.14. The molecule has 1 aromatic rings. The Hall–Kier alpha value is -0.430. The van der Waals surface area contributed by atoms with Crippen molar-refractivity contribution in [3.63, 3.8) is 0 Å². The number of hydrogen-bond acceptors (Lipinski definition) is 4. The first kappa shape index (κ1) is 15.0. The minimum Gasteiger partial charge on any atom is -0.310 e. The minimum absolute atomic E-state index is 0.397. The zero-order valence-electron chi connectivity index (χ0n) is 11.5. The molecule has 0 bridgehead atoms. The lowest BCUT2D eigenvalue weighted by Gasteiger charge is -2.05. The lowest BCUT2D eigenvalue weighted by Crippen LogP contribution is -2.24. The van der Waals surface area contributed by atoms with Gasteiger partial charge in [-0.2, -0.15) is 0 Å². The third-order valence-electron chi connectivity index (χ3n) is 3.17. The molecule has 108 valence electrons. The van der Waals surface area contributed by atoms with Gasteiger partial charge in [0.1, 0.15) is 0 Å². The SMILES string of the molecule is CC(C)NCc1cc(S(=O)(=O)NCCC2CC2)cs1. The maximum absolute atomic E-state index is 12.1. The van der Waals surface area contributed by atoms with E-state index in [4.69, 9.17) is 0 Å². The first-order chi connectivity index (χ1) is 8.97. The molecule has 1 aliphatic rings. The van der Waals surface area contributed by atoms with Crippen LogP contribution in [0.1, 0.15) is 38.0 Å². The zero-order valence-corrected chi connectivity index (χ0v) is 13.1. The number of sulfonamides is 1. The molecule has 1 heterocycles. The van der Waals surface area contributed by atoms with Crippen molar-refractivity contribution in [3.8, 4) is 0 Å². The summed E-state index contributed by atoms with van der Waals surface area (Å²) in [6.45, 7) is 5.43. The van der Waals surface area contributed by atoms with Gasteiger partial charge in [0.15, 0.2) is 0 Å². The Bertz CT molecular complexity index is 504. The Morgan fingerprint density at radius 1 is 1.42 bits per heavy atom. The van der Waals surface area contributed by atoms with Crippen LogP contribution in [0, 0.1) is 5.92 Å². The summed E-state index contributed by atoms with van der Waals surface area (Å²) in [5, 5.41) is 5.01. The number of hydrogen-bond donors (Lipinski definition) is 2. The van der Waals surface area contributed by atoms with E-state index in [1.165, 1.54) is 24.2 Å². The van der Waals surface area contributed by atoms with Crippen molar-refractivity contribution < 1.29 is 8.42 Å². The summed E-state index contributed by atoms with van der Waals surface area (Å²) in [5.74, 6) is 0.746. The van der Waals surface area contributed by atoms with E-state index in [0.717, 1.165) is 23.8 Å². The Morgan fingerprint density at radius 2 is 2.16 bits per heavy atom. The van der Waals surface area contributed by atoms with E-state index in [-0.39, 0.29) is 0 Å². The zero-order chi connectivity index (χ0) is 13.9. The van der Waals surface area contributed by atoms with Crippen molar-refractivity contribution in [3.05, 3.63) is 16.3 Å². The molecule has 0 aliphatic heterocycles. The van der Waals surface area contributed by atoms with Crippen LogP contribution in [-0.4, -0.2) is 21.0 Å². The van der Waals surface area contributed by atoms with E-state index < -0.39 is 10.0 Å². The minimum atomic E-state index is -3.31. The lowest BCUT2D eigenvalue weighted by molar-refractivity contribution is 0.575. The average Bonchev–Trinajstić information content (AvgIpc) is 3.02. The molecule has 0 unspecified atom stereocenters. The van der Waals surface area contributed by atoms with Crippen LogP contribution in [0.25, 0.3) is 0 Å². The molecular formula is C13H22N2O2S2. The third kappa shape index (κ3) is 4.87. The van der Waals surface area contributed by atoms with Crippen molar-refractivity contribution in [2.45, 2.75) is 50.6 Å². The van der Waals surface area contributed by atoms with E-state index in [1.54, 1.807) is 11.4 Å². The smallest absolute Gasteiger partial charge is 0.241 e. The fraction of sp³-hybridized carbons (Fsp3) is 0.692. The molecule has 6 heteroatoms. The Labute approximate surface area is 119 Å². The molecule has 1 aromatic heterocycles. The van der Waals surface area contributed by atoms with E-state index >= 15 is 0 Å². The molecule has 0 atom stereocenters. The Kier molecular flexibility index (Phi) is 5.00. The summed E-state index contributed by atoms with van der Waals surface area (Å²) >= 11 is 1.49. The number of nitrogens with one attached hydrogen (secondary N) is 2. The molecule has 4 nitrogen and oxygen atoms in total. The van der Waals surface area contributed by atoms with Gasteiger partial charge in [-0.3, -0.25) is 0 Å². The van der Waals surface area contributed by atoms with Gasteiger partial charge in [-0.15, -0.1) is 11.3 Å². The van der Waals surface area contributed by atoms with Gasteiger partial charge in [0.2, 0.25) is 10.0 Å². The second-order valence-corrected chi connectivity index (χ2v) is 8.18. The van der Waals surface area contributed by atoms with Gasteiger partial charge in [0.25, 0.3) is 0 Å². The predicted molar refractivity (Wildman–Crippen MR) is 78.8 cm³/mol. The fourth-order valence-electron chi connectivity index (χ4n) is 1.79. The second kappa shape index (κ2) is 6.35. The first-order valence-electron chi connectivity index (χ1n) is 6.78. The highest BCUT2D eigenvalue weighted by atomic mass is 32.2. The largest absolute Gasteiger partial charge is 0.310 e. The lowest BCUT2D eigenvalue weighted by atomic mass is 10.3. The van der Waals surface area contributed by atoms with Gasteiger partial charge in [-0.1, -0.05) is 26.7 Å². The number of rotatable bonds is 8. The monoisotopic (exact) mass is 302 g/mol. The molecular weight excluding hydrogens is 280 g/mol. The molecule has 0 saturated heterocycles. The summed E-state index contributed by atoms with van der Waals surface area (Å²) in [6.07, 6.45) is 3.47. The Balaban J connectivity index is 1.87. The van der Waals surface area contributed by atoms with Crippen LogP contribution in [0.2, 0.25) is 0 Å². The van der Waals surface area contributed by atoms with Crippen LogP contribution in [0.15, 0.2) is 16.3 Å². The third-order valence-corrected chi connectivity index (χ3v) is 5.69. The molecule has 1 fully saturated rings. The van der Waals surface area contributed by atoms with Gasteiger partial charge in [0, 0.05) is 29.4 Å². The highest BCUT2D eigenvalue weighted by molar-refractivity contribution is 7.89. The van der Waals surface area contributed by atoms with Gasteiger partial charge in [0.05, 0.1) is 4.90 Å². The summed E-state index contributed by atoms with van der Waals surface area (Å²) in [5.41, 5.74) is 0. The summed E-state index contributed by atoms with van der Waals surface area (Å²) in [6, 6.07) is 2.17. The van der Waals surface area contributed by atoms with Crippen LogP contribution in [0.5, 0.6) is 0 Å². The van der Waals surface area contributed by atoms with E-state index in [2.05, 4.69) is 23.9 Å². The van der Waals surface area contributed by atoms with Crippen LogP contribution in [-0.2, 0) is 16.6 Å². The predicted octanol–water partition coefficient (Wildman–Crippen LogP) is 2.32.